The lowest BCUT2D eigenvalue weighted by atomic mass is 9.80. The van der Waals surface area contributed by atoms with Crippen molar-refractivity contribution in [3.63, 3.8) is 0 Å². The van der Waals surface area contributed by atoms with E-state index < -0.39 is 11.4 Å². The van der Waals surface area contributed by atoms with E-state index in [1.165, 1.54) is 38.5 Å². The lowest BCUT2D eigenvalue weighted by Crippen LogP contribution is -2.32. The van der Waals surface area contributed by atoms with Crippen LogP contribution in [0.4, 0.5) is 5.82 Å². The highest BCUT2D eigenvalue weighted by Crippen LogP contribution is 2.37. The van der Waals surface area contributed by atoms with Gasteiger partial charge in [-0.15, -0.1) is 0 Å². The van der Waals surface area contributed by atoms with Gasteiger partial charge in [-0.2, -0.15) is 0 Å². The number of anilines is 1. The Bertz CT molecular complexity index is 1460. The maximum Gasteiger partial charge on any atom is 0.439 e. The molecule has 3 aromatic heterocycles. The first-order chi connectivity index (χ1) is 18.4. The summed E-state index contributed by atoms with van der Waals surface area (Å²) >= 11 is 0. The summed E-state index contributed by atoms with van der Waals surface area (Å²) in [6.45, 7) is 4.69. The van der Waals surface area contributed by atoms with Crippen LogP contribution in [0.5, 0.6) is 0 Å². The van der Waals surface area contributed by atoms with Crippen molar-refractivity contribution in [3.8, 4) is 11.6 Å². The molecule has 4 aromatic rings. The maximum atomic E-state index is 11.9. The average Bonchev–Trinajstić information content (AvgIpc) is 3.48. The molecule has 0 bridgehead atoms. The zero-order valence-electron chi connectivity index (χ0n) is 22.0. The fourth-order valence-electron chi connectivity index (χ4n) is 5.91. The molecular formula is C28H35N7O3. The molecular weight excluding hydrogens is 482 g/mol. The predicted octanol–water partition coefficient (Wildman–Crippen LogP) is 4.61. The van der Waals surface area contributed by atoms with Gasteiger partial charge in [-0.1, -0.05) is 61.2 Å². The Morgan fingerprint density at radius 1 is 1.11 bits per heavy atom. The number of H-pyrrole nitrogens is 1. The molecule has 1 unspecified atom stereocenters. The number of imidazole rings is 1. The monoisotopic (exact) mass is 517 g/mol. The first kappa shape index (κ1) is 24.8. The highest BCUT2D eigenvalue weighted by atomic mass is 16.5. The molecule has 1 aromatic carbocycles. The molecule has 2 fully saturated rings. The van der Waals surface area contributed by atoms with Gasteiger partial charge < -0.3 is 15.0 Å². The van der Waals surface area contributed by atoms with Crippen molar-refractivity contribution in [2.45, 2.75) is 83.4 Å². The molecule has 2 atom stereocenters. The second-order valence-corrected chi connectivity index (χ2v) is 11.1. The van der Waals surface area contributed by atoms with Gasteiger partial charge in [-0.25, -0.2) is 19.7 Å². The summed E-state index contributed by atoms with van der Waals surface area (Å²) in [4.78, 5) is 28.7. The third-order valence-electron chi connectivity index (χ3n) is 8.41. The van der Waals surface area contributed by atoms with Crippen LogP contribution >= 0.6 is 0 Å². The van der Waals surface area contributed by atoms with Crippen molar-refractivity contribution in [3.05, 3.63) is 52.3 Å². The van der Waals surface area contributed by atoms with E-state index in [1.54, 1.807) is 6.92 Å². The van der Waals surface area contributed by atoms with Crippen LogP contribution in [0.1, 0.15) is 76.6 Å². The van der Waals surface area contributed by atoms with E-state index in [2.05, 4.69) is 26.9 Å². The number of hydrogen-bond acceptors (Lipinski definition) is 8. The van der Waals surface area contributed by atoms with Crippen LogP contribution in [0.2, 0.25) is 0 Å². The van der Waals surface area contributed by atoms with Crippen molar-refractivity contribution < 1.29 is 9.63 Å². The summed E-state index contributed by atoms with van der Waals surface area (Å²) in [6.07, 6.45) is 9.59. The van der Waals surface area contributed by atoms with Crippen LogP contribution in [-0.2, 0) is 12.1 Å². The highest BCUT2D eigenvalue weighted by molar-refractivity contribution is 5.86. The van der Waals surface area contributed by atoms with Crippen LogP contribution in [0.25, 0.3) is 22.8 Å². The molecule has 0 saturated heterocycles. The van der Waals surface area contributed by atoms with Gasteiger partial charge in [0.2, 0.25) is 11.6 Å². The van der Waals surface area contributed by atoms with E-state index >= 15 is 0 Å². The largest absolute Gasteiger partial charge is 0.439 e. The number of aliphatic hydroxyl groups is 1. The second-order valence-electron chi connectivity index (χ2n) is 11.1. The summed E-state index contributed by atoms with van der Waals surface area (Å²) in [7, 11) is 0. The Labute approximate surface area is 220 Å². The molecule has 0 amide bonds. The lowest BCUT2D eigenvalue weighted by molar-refractivity contribution is 0.0869. The molecule has 2 saturated carbocycles. The zero-order chi connectivity index (χ0) is 26.3. The van der Waals surface area contributed by atoms with E-state index in [-0.39, 0.29) is 17.7 Å². The van der Waals surface area contributed by atoms with Crippen LogP contribution < -0.4 is 11.1 Å². The van der Waals surface area contributed by atoms with Gasteiger partial charge in [0.25, 0.3) is 0 Å². The number of nitrogens with zero attached hydrogens (tertiary/aromatic N) is 5. The van der Waals surface area contributed by atoms with Crippen molar-refractivity contribution in [1.82, 2.24) is 29.7 Å². The number of rotatable bonds is 8. The Balaban J connectivity index is 1.54. The Kier molecular flexibility index (Phi) is 6.51. The average molecular weight is 518 g/mol. The molecule has 10 nitrogen and oxygen atoms in total. The number of fused-ring (bicyclic) bond motifs is 1. The fraction of sp³-hybridized carbons (Fsp3) is 0.536. The number of aromatic nitrogens is 6. The summed E-state index contributed by atoms with van der Waals surface area (Å²) in [6, 6.07) is 9.81. The van der Waals surface area contributed by atoms with Gasteiger partial charge in [0, 0.05) is 12.6 Å². The van der Waals surface area contributed by atoms with Crippen LogP contribution in [0.15, 0.2) is 39.6 Å². The molecule has 6 rings (SSSR count). The van der Waals surface area contributed by atoms with Gasteiger partial charge in [0.1, 0.15) is 16.9 Å². The Morgan fingerprint density at radius 2 is 1.87 bits per heavy atom. The number of benzene rings is 1. The molecule has 38 heavy (non-hydrogen) atoms. The first-order valence-corrected chi connectivity index (χ1v) is 13.8. The van der Waals surface area contributed by atoms with Gasteiger partial charge in [-0.05, 0) is 56.9 Å². The number of hydrogen-bond donors (Lipinski definition) is 3. The standard InChI is InChI=1S/C28H35N7O3/c1-17(19-12-9-13-19)29-22-21-23(31-24(30-22)25-33-27(36)38-34-25)32-26(28(2,37)20-14-7-4-8-15-20)35(21)16-18-10-5-3-6-11-18/h4,7-8,14-15,17-19,37H,3,5-6,9-13,16H2,1-2H3,(H,29,30,31)(H,33,34,36)/t17-,28?/m1/s1. The van der Waals surface area contributed by atoms with E-state index in [4.69, 9.17) is 19.5 Å². The summed E-state index contributed by atoms with van der Waals surface area (Å²) in [5.41, 5.74) is 0.619. The van der Waals surface area contributed by atoms with E-state index in [0.29, 0.717) is 29.1 Å². The SMILES string of the molecule is C[C@@H](Nc1nc(-c2noc(=O)[nH]2)nc2nc(C(C)(O)c3ccccc3)n(CC3CCCCC3)c12)C1CCC1. The molecule has 200 valence electrons. The molecule has 0 aliphatic heterocycles. The van der Waals surface area contributed by atoms with Crippen molar-refractivity contribution in [2.75, 3.05) is 5.32 Å². The lowest BCUT2D eigenvalue weighted by Gasteiger charge is -2.32. The maximum absolute atomic E-state index is 11.9. The van der Waals surface area contributed by atoms with Gasteiger partial charge >= 0.3 is 5.76 Å². The molecule has 10 heteroatoms. The third-order valence-corrected chi connectivity index (χ3v) is 8.41. The first-order valence-electron chi connectivity index (χ1n) is 13.8. The van der Waals surface area contributed by atoms with E-state index in [9.17, 15) is 9.90 Å². The minimum atomic E-state index is -1.35. The predicted molar refractivity (Wildman–Crippen MR) is 144 cm³/mol. The molecule has 2 aliphatic carbocycles. The minimum Gasteiger partial charge on any atom is -0.377 e. The van der Waals surface area contributed by atoms with Gasteiger partial charge in [-0.3, -0.25) is 9.51 Å². The normalized spacial score (nSPS) is 19.2. The van der Waals surface area contributed by atoms with Crippen LogP contribution in [0, 0.1) is 11.8 Å². The quantitative estimate of drug-likeness (QED) is 0.308. The molecule has 3 heterocycles. The van der Waals surface area contributed by atoms with Crippen molar-refractivity contribution >= 4 is 17.0 Å². The van der Waals surface area contributed by atoms with Gasteiger partial charge in [0.15, 0.2) is 11.5 Å². The highest BCUT2D eigenvalue weighted by Gasteiger charge is 2.35. The van der Waals surface area contributed by atoms with Crippen molar-refractivity contribution in [1.29, 1.82) is 0 Å². The van der Waals surface area contributed by atoms with Crippen LogP contribution in [0.3, 0.4) is 0 Å². The summed E-state index contributed by atoms with van der Waals surface area (Å²) < 4.78 is 6.86. The number of nitrogens with one attached hydrogen (secondary N) is 2. The Hall–Kier alpha value is -3.53. The van der Waals surface area contributed by atoms with Gasteiger partial charge in [0.05, 0.1) is 0 Å². The molecule has 2 aliphatic rings. The second kappa shape index (κ2) is 9.98. The molecule has 0 radical (unpaired) electrons. The summed E-state index contributed by atoms with van der Waals surface area (Å²) in [5, 5.41) is 19.4. The van der Waals surface area contributed by atoms with E-state index in [0.717, 1.165) is 30.5 Å². The smallest absolute Gasteiger partial charge is 0.377 e. The van der Waals surface area contributed by atoms with E-state index in [1.807, 2.05) is 30.3 Å². The Morgan fingerprint density at radius 3 is 2.53 bits per heavy atom. The zero-order valence-corrected chi connectivity index (χ0v) is 22.0. The minimum absolute atomic E-state index is 0.148. The molecule has 0 spiro atoms. The fourth-order valence-corrected chi connectivity index (χ4v) is 5.91. The van der Waals surface area contributed by atoms with Crippen molar-refractivity contribution in [2.24, 2.45) is 11.8 Å². The number of aromatic amines is 1. The third kappa shape index (κ3) is 4.62. The summed E-state index contributed by atoms with van der Waals surface area (Å²) in [5.74, 6) is 1.91. The molecule has 3 N–H and O–H groups in total. The topological polar surface area (TPSA) is 135 Å². The van der Waals surface area contributed by atoms with Crippen LogP contribution in [-0.4, -0.2) is 40.8 Å².